The summed E-state index contributed by atoms with van der Waals surface area (Å²) in [6.07, 6.45) is 4.62. The molecular formula is C19H23LrN2O3S-3. The Labute approximate surface area is 152 Å². The van der Waals surface area contributed by atoms with Gasteiger partial charge in [0.1, 0.15) is 0 Å². The largest absolute Gasteiger partial charge is 0.553 e. The van der Waals surface area contributed by atoms with Gasteiger partial charge in [0.25, 0.3) is 0 Å². The number of ether oxygens (including phenoxy) is 1. The molecule has 0 aliphatic rings. The van der Waals surface area contributed by atoms with E-state index in [1.165, 1.54) is 17.3 Å². The van der Waals surface area contributed by atoms with Gasteiger partial charge in [0, 0.05) is 23.4 Å². The maximum Gasteiger partial charge on any atom is 0.151 e. The summed E-state index contributed by atoms with van der Waals surface area (Å²) in [4.78, 5) is 19.7. The van der Waals surface area contributed by atoms with E-state index in [4.69, 9.17) is 4.74 Å². The van der Waals surface area contributed by atoms with Crippen molar-refractivity contribution in [2.45, 2.75) is 34.3 Å². The zero-order valence-electron chi connectivity index (χ0n) is 15.2. The number of rotatable bonds is 3. The average molecular weight is 621 g/mol. The zero-order valence-corrected chi connectivity index (χ0v) is 18.1. The second-order valence-corrected chi connectivity index (χ2v) is 7.00. The summed E-state index contributed by atoms with van der Waals surface area (Å²) in [6.45, 7) is 8.51. The fraction of sp³-hybridized carbons (Fsp3) is 0.263. The van der Waals surface area contributed by atoms with E-state index in [0.717, 1.165) is 27.1 Å². The van der Waals surface area contributed by atoms with Crippen molar-refractivity contribution in [3.63, 3.8) is 0 Å². The van der Waals surface area contributed by atoms with Gasteiger partial charge in [0.2, 0.25) is 0 Å². The molecule has 0 fully saturated rings. The molecule has 0 amide bonds. The van der Waals surface area contributed by atoms with Crippen LogP contribution in [0.25, 0.3) is 20.5 Å². The molecule has 0 saturated heterocycles. The molecule has 0 aliphatic carbocycles. The summed E-state index contributed by atoms with van der Waals surface area (Å²) in [5.41, 5.74) is 2.68. The molecule has 0 aliphatic heterocycles. The first-order chi connectivity index (χ1) is 11.4. The minimum Gasteiger partial charge on any atom is -0.553 e. The van der Waals surface area contributed by atoms with Crippen LogP contribution in [0.15, 0.2) is 29.2 Å². The quantitative estimate of drug-likeness (QED) is 0.451. The molecule has 0 unspecified atom stereocenters. The van der Waals surface area contributed by atoms with Gasteiger partial charge in [-0.3, -0.25) is 4.98 Å². The molecule has 3 rings (SSSR count). The van der Waals surface area contributed by atoms with Gasteiger partial charge < -0.3 is 25.9 Å². The summed E-state index contributed by atoms with van der Waals surface area (Å²) < 4.78 is 5.58. The monoisotopic (exact) mass is 621 g/mol. The van der Waals surface area contributed by atoms with Gasteiger partial charge in [-0.1, -0.05) is 12.3 Å². The minimum absolute atomic E-state index is 0. The number of fused-ring (bicyclic) bond motifs is 1. The summed E-state index contributed by atoms with van der Waals surface area (Å²) in [6, 6.07) is 5.93. The third-order valence-electron chi connectivity index (χ3n) is 3.02. The van der Waals surface area contributed by atoms with Crippen LogP contribution in [-0.4, -0.2) is 15.4 Å². The number of aromatic amines is 1. The molecule has 0 spiro atoms. The van der Waals surface area contributed by atoms with Crippen molar-refractivity contribution >= 4 is 21.4 Å². The number of nitrogens with zero attached hydrogens (tertiary/aromatic N) is 1. The fourth-order valence-electron chi connectivity index (χ4n) is 2.10. The second-order valence-electron chi connectivity index (χ2n) is 5.95. The molecular weight excluding hydrogens is 598 g/mol. The normalized spacial score (nSPS) is 9.92. The Morgan fingerprint density at radius 3 is 2.58 bits per heavy atom. The van der Waals surface area contributed by atoms with Gasteiger partial charge in [-0.05, 0) is 29.3 Å². The molecule has 7 heteroatoms. The van der Waals surface area contributed by atoms with Crippen molar-refractivity contribution in [3.05, 3.63) is 65.2 Å². The van der Waals surface area contributed by atoms with E-state index in [0.29, 0.717) is 11.3 Å². The van der Waals surface area contributed by atoms with Crippen molar-refractivity contribution in [2.24, 2.45) is 0 Å². The van der Waals surface area contributed by atoms with E-state index >= 15 is 0 Å². The van der Waals surface area contributed by atoms with Gasteiger partial charge in [0.15, 0.2) is 5.56 Å². The summed E-state index contributed by atoms with van der Waals surface area (Å²) in [7, 11) is 3.37. The molecule has 0 bridgehead atoms. The zero-order chi connectivity index (χ0) is 17.7. The van der Waals surface area contributed by atoms with E-state index in [1.807, 2.05) is 25.1 Å². The maximum absolute atomic E-state index is 11.9. The van der Waals surface area contributed by atoms with E-state index in [2.05, 4.69) is 44.0 Å². The smallest absolute Gasteiger partial charge is 0.151 e. The minimum atomic E-state index is -0.130. The molecule has 0 aromatic carbocycles. The molecule has 3 N–H and O–H groups in total. The topological polar surface area (TPSA) is 86.5 Å². The summed E-state index contributed by atoms with van der Waals surface area (Å²) >= 11 is 1.46. The van der Waals surface area contributed by atoms with E-state index in [1.54, 1.807) is 6.20 Å². The van der Waals surface area contributed by atoms with Gasteiger partial charge in [-0.15, -0.1) is 10.9 Å². The third kappa shape index (κ3) is 5.51. The number of aromatic nitrogens is 2. The standard InChI is InChI=1S/C15H12N2O2S.C4H9.Lr.H2O/c1-9-5-10(3-4-16-9)13-6-12-11(8-19-2)7-17-15(18)14(12)20-13;1-4(2)3;;/h3-6H,2,8H2,1H3,(H,17,18);1-3H3;;1H2/q-2;-1;;. The number of hydrogen-bond donors (Lipinski definition) is 1. The summed E-state index contributed by atoms with van der Waals surface area (Å²) in [5.74, 6) is 1.42. The molecule has 0 atom stereocenters. The number of H-pyrrole nitrogens is 1. The Balaban J connectivity index is 0.000000951. The Morgan fingerprint density at radius 2 is 2.00 bits per heavy atom. The first-order valence-corrected chi connectivity index (χ1v) is 8.37. The molecule has 0 saturated carbocycles. The van der Waals surface area contributed by atoms with Crippen molar-refractivity contribution in [3.8, 4) is 10.4 Å². The fourth-order valence-corrected chi connectivity index (χ4v) is 3.17. The van der Waals surface area contributed by atoms with E-state index in [9.17, 15) is 4.79 Å². The van der Waals surface area contributed by atoms with Crippen LogP contribution in [-0.2, 0) is 11.3 Å². The van der Waals surface area contributed by atoms with Crippen LogP contribution >= 0.6 is 11.3 Å². The molecule has 3 aromatic heterocycles. The SMILES string of the molecule is C[C-](C)C.O.[CH2-]OCc1[c-][nH]c(=O)c2sc(-c3ccnc(C)c3)cc12.[Lr]. The van der Waals surface area contributed by atoms with Crippen LogP contribution in [0.1, 0.15) is 32.0 Å². The Bertz CT molecular complexity index is 872. The first kappa shape index (κ1) is 23.0. The van der Waals surface area contributed by atoms with Crippen LogP contribution in [0.3, 0.4) is 0 Å². The van der Waals surface area contributed by atoms with Gasteiger partial charge >= 0.3 is 0 Å². The number of aryl methyl sites for hydroxylation is 1. The Morgan fingerprint density at radius 1 is 1.35 bits per heavy atom. The van der Waals surface area contributed by atoms with Gasteiger partial charge in [-0.2, -0.15) is 32.1 Å². The number of nitrogens with one attached hydrogen (secondary N) is 1. The maximum atomic E-state index is 11.9. The van der Waals surface area contributed by atoms with E-state index < -0.39 is 0 Å². The Kier molecular flexibility index (Phi) is 8.91. The van der Waals surface area contributed by atoms with Crippen LogP contribution in [0.4, 0.5) is 0 Å². The summed E-state index contributed by atoms with van der Waals surface area (Å²) in [5, 5.41) is 0.867. The molecule has 26 heavy (non-hydrogen) atoms. The van der Waals surface area contributed by atoms with Crippen LogP contribution in [0.2, 0.25) is 0 Å². The third-order valence-corrected chi connectivity index (χ3v) is 4.20. The molecule has 151 valence electrons. The average Bonchev–Trinajstić information content (AvgIpc) is 2.96. The number of pyridine rings is 2. The van der Waals surface area contributed by atoms with Crippen LogP contribution in [0, 0.1) is 26.1 Å². The van der Waals surface area contributed by atoms with Crippen molar-refractivity contribution < 1.29 is 10.2 Å². The predicted octanol–water partition coefficient (Wildman–Crippen LogP) is 3.86. The number of hydrogen-bond acceptors (Lipinski definition) is 4. The van der Waals surface area contributed by atoms with Crippen molar-refractivity contribution in [1.29, 1.82) is 0 Å². The first-order valence-electron chi connectivity index (χ1n) is 7.55. The number of thiophene rings is 1. The van der Waals surface area contributed by atoms with Gasteiger partial charge in [0.05, 0.1) is 0 Å². The van der Waals surface area contributed by atoms with Crippen molar-refractivity contribution in [2.75, 3.05) is 0 Å². The van der Waals surface area contributed by atoms with Gasteiger partial charge in [-0.25, -0.2) is 7.11 Å². The predicted molar refractivity (Wildman–Crippen MR) is 103 cm³/mol. The van der Waals surface area contributed by atoms with E-state index in [-0.39, 0.29) is 11.0 Å². The van der Waals surface area contributed by atoms with Crippen LogP contribution < -0.4 is 5.56 Å². The molecule has 5 nitrogen and oxygen atoms in total. The Hall–Kier alpha value is -3.02. The molecule has 3 heterocycles. The van der Waals surface area contributed by atoms with Crippen LogP contribution in [0.5, 0.6) is 0 Å². The molecule has 3 aromatic rings. The molecule has 1 radical (unpaired) electrons. The second kappa shape index (κ2) is 10.1. The van der Waals surface area contributed by atoms with Crippen molar-refractivity contribution in [1.82, 2.24) is 9.97 Å².